The summed E-state index contributed by atoms with van der Waals surface area (Å²) in [6.07, 6.45) is 0. The Hall–Kier alpha value is -1.78. The summed E-state index contributed by atoms with van der Waals surface area (Å²) in [7, 11) is 1.50. The molecule has 2 rings (SSSR count). The van der Waals surface area contributed by atoms with Crippen molar-refractivity contribution in [2.75, 3.05) is 12.8 Å². The monoisotopic (exact) mass is 181 g/mol. The largest absolute Gasteiger partial charge is 0.494 e. The maximum Gasteiger partial charge on any atom is 0.198 e. The fourth-order valence-corrected chi connectivity index (χ4v) is 1.22. The standard InChI is InChI=1S/C8H8FN3O/c1-13-5-3-2-4(9)6-7(5)12-8(10)11-6/h2-3H,1H3,(H3,10,11,12). The third-order valence-electron chi connectivity index (χ3n) is 1.80. The summed E-state index contributed by atoms with van der Waals surface area (Å²) in [5, 5.41) is 0. The van der Waals surface area contributed by atoms with Gasteiger partial charge in [-0.05, 0) is 12.1 Å². The summed E-state index contributed by atoms with van der Waals surface area (Å²) < 4.78 is 18.1. The molecule has 0 aliphatic carbocycles. The summed E-state index contributed by atoms with van der Waals surface area (Å²) in [6, 6.07) is 2.82. The number of halogens is 1. The summed E-state index contributed by atoms with van der Waals surface area (Å²) >= 11 is 0. The first-order valence-electron chi connectivity index (χ1n) is 3.70. The van der Waals surface area contributed by atoms with Crippen LogP contribution in [0.15, 0.2) is 12.1 Å². The summed E-state index contributed by atoms with van der Waals surface area (Å²) in [5.41, 5.74) is 6.09. The average Bonchev–Trinajstić information content (AvgIpc) is 2.48. The van der Waals surface area contributed by atoms with Crippen molar-refractivity contribution in [2.24, 2.45) is 0 Å². The van der Waals surface area contributed by atoms with Crippen LogP contribution in [0.4, 0.5) is 10.3 Å². The van der Waals surface area contributed by atoms with Crippen molar-refractivity contribution in [1.82, 2.24) is 9.97 Å². The van der Waals surface area contributed by atoms with Crippen molar-refractivity contribution in [3.05, 3.63) is 17.9 Å². The summed E-state index contributed by atoms with van der Waals surface area (Å²) in [4.78, 5) is 6.51. The molecule has 0 saturated heterocycles. The molecule has 0 aliphatic rings. The number of H-pyrrole nitrogens is 1. The molecule has 0 atom stereocenters. The molecular formula is C8H8FN3O. The molecule has 0 aliphatic heterocycles. The predicted molar refractivity (Wildman–Crippen MR) is 47.0 cm³/mol. The number of hydrogen-bond donors (Lipinski definition) is 2. The van der Waals surface area contributed by atoms with Crippen LogP contribution in [-0.2, 0) is 0 Å². The van der Waals surface area contributed by atoms with Gasteiger partial charge in [0.2, 0.25) is 0 Å². The Labute approximate surface area is 73.5 Å². The Balaban J connectivity index is 2.83. The Morgan fingerprint density at radius 3 is 3.00 bits per heavy atom. The molecule has 3 N–H and O–H groups in total. The predicted octanol–water partition coefficient (Wildman–Crippen LogP) is 1.29. The van der Waals surface area contributed by atoms with Crippen LogP contribution in [0.2, 0.25) is 0 Å². The molecule has 68 valence electrons. The molecule has 1 heterocycles. The Morgan fingerprint density at radius 2 is 2.31 bits per heavy atom. The Morgan fingerprint density at radius 1 is 1.54 bits per heavy atom. The van der Waals surface area contributed by atoms with Crippen LogP contribution in [0, 0.1) is 5.82 Å². The molecular weight excluding hydrogens is 173 g/mol. The fraction of sp³-hybridized carbons (Fsp3) is 0.125. The van der Waals surface area contributed by atoms with E-state index in [1.165, 1.54) is 19.2 Å². The van der Waals surface area contributed by atoms with E-state index in [1.807, 2.05) is 0 Å². The molecule has 0 amide bonds. The number of methoxy groups -OCH3 is 1. The van der Waals surface area contributed by atoms with Gasteiger partial charge in [-0.25, -0.2) is 9.37 Å². The highest BCUT2D eigenvalue weighted by atomic mass is 19.1. The van der Waals surface area contributed by atoms with E-state index in [4.69, 9.17) is 10.5 Å². The highest BCUT2D eigenvalue weighted by Gasteiger charge is 2.10. The zero-order valence-electron chi connectivity index (χ0n) is 6.97. The number of nitrogens with two attached hydrogens (primary N) is 1. The van der Waals surface area contributed by atoms with Gasteiger partial charge < -0.3 is 15.5 Å². The van der Waals surface area contributed by atoms with Crippen LogP contribution >= 0.6 is 0 Å². The number of ether oxygens (including phenoxy) is 1. The average molecular weight is 181 g/mol. The topological polar surface area (TPSA) is 63.9 Å². The first-order valence-corrected chi connectivity index (χ1v) is 3.70. The number of aromatic nitrogens is 2. The van der Waals surface area contributed by atoms with Gasteiger partial charge in [-0.2, -0.15) is 0 Å². The normalized spacial score (nSPS) is 10.6. The lowest BCUT2D eigenvalue weighted by Gasteiger charge is -1.99. The first kappa shape index (κ1) is 7.85. The minimum atomic E-state index is -0.413. The number of hydrogen-bond acceptors (Lipinski definition) is 3. The van der Waals surface area contributed by atoms with Gasteiger partial charge in [-0.1, -0.05) is 0 Å². The van der Waals surface area contributed by atoms with Crippen molar-refractivity contribution in [3.63, 3.8) is 0 Å². The molecule has 0 unspecified atom stereocenters. The van der Waals surface area contributed by atoms with Gasteiger partial charge in [-0.15, -0.1) is 0 Å². The van der Waals surface area contributed by atoms with Crippen LogP contribution in [0.5, 0.6) is 5.75 Å². The number of anilines is 1. The summed E-state index contributed by atoms with van der Waals surface area (Å²) in [6.45, 7) is 0. The van der Waals surface area contributed by atoms with Crippen molar-refractivity contribution >= 4 is 17.0 Å². The van der Waals surface area contributed by atoms with Gasteiger partial charge in [0, 0.05) is 0 Å². The molecule has 0 bridgehead atoms. The van der Waals surface area contributed by atoms with Crippen molar-refractivity contribution in [2.45, 2.75) is 0 Å². The van der Waals surface area contributed by atoms with E-state index in [-0.39, 0.29) is 11.5 Å². The van der Waals surface area contributed by atoms with Crippen molar-refractivity contribution < 1.29 is 9.13 Å². The zero-order chi connectivity index (χ0) is 9.42. The highest BCUT2D eigenvalue weighted by Crippen LogP contribution is 2.25. The smallest absolute Gasteiger partial charge is 0.198 e. The highest BCUT2D eigenvalue weighted by molar-refractivity contribution is 5.83. The first-order chi connectivity index (χ1) is 6.22. The fourth-order valence-electron chi connectivity index (χ4n) is 1.22. The zero-order valence-corrected chi connectivity index (χ0v) is 6.97. The Kier molecular flexibility index (Phi) is 1.58. The van der Waals surface area contributed by atoms with Gasteiger partial charge >= 0.3 is 0 Å². The van der Waals surface area contributed by atoms with Crippen LogP contribution in [0.1, 0.15) is 0 Å². The number of imidazole rings is 1. The number of nitrogen functional groups attached to an aromatic ring is 1. The van der Waals surface area contributed by atoms with E-state index in [9.17, 15) is 4.39 Å². The lowest BCUT2D eigenvalue weighted by molar-refractivity contribution is 0.418. The molecule has 2 aromatic rings. The van der Waals surface area contributed by atoms with E-state index in [2.05, 4.69) is 9.97 Å². The maximum atomic E-state index is 13.1. The van der Waals surface area contributed by atoms with Gasteiger partial charge in [0.25, 0.3) is 0 Å². The molecule has 0 radical (unpaired) electrons. The van der Waals surface area contributed by atoms with Crippen molar-refractivity contribution in [1.29, 1.82) is 0 Å². The van der Waals surface area contributed by atoms with Crippen LogP contribution in [0.25, 0.3) is 11.0 Å². The number of benzene rings is 1. The van der Waals surface area contributed by atoms with Crippen molar-refractivity contribution in [3.8, 4) is 5.75 Å². The molecule has 1 aromatic carbocycles. The maximum absolute atomic E-state index is 13.1. The van der Waals surface area contributed by atoms with E-state index in [1.54, 1.807) is 0 Å². The molecule has 1 aromatic heterocycles. The number of rotatable bonds is 1. The van der Waals surface area contributed by atoms with Gasteiger partial charge in [0.15, 0.2) is 11.8 Å². The van der Waals surface area contributed by atoms with E-state index in [0.717, 1.165) is 0 Å². The summed E-state index contributed by atoms with van der Waals surface area (Å²) in [5.74, 6) is 0.294. The second-order valence-corrected chi connectivity index (χ2v) is 2.60. The SMILES string of the molecule is COc1ccc(F)c2nc(N)[nH]c12. The molecule has 0 saturated carbocycles. The van der Waals surface area contributed by atoms with E-state index >= 15 is 0 Å². The lowest BCUT2D eigenvalue weighted by Crippen LogP contribution is -1.86. The minimum Gasteiger partial charge on any atom is -0.494 e. The second kappa shape index (κ2) is 2.62. The van der Waals surface area contributed by atoms with Gasteiger partial charge in [-0.3, -0.25) is 0 Å². The minimum absolute atomic E-state index is 0.179. The lowest BCUT2D eigenvalue weighted by atomic mass is 10.3. The van der Waals surface area contributed by atoms with Crippen LogP contribution in [0.3, 0.4) is 0 Å². The number of aromatic amines is 1. The number of fused-ring (bicyclic) bond motifs is 1. The quantitative estimate of drug-likeness (QED) is 0.696. The number of nitrogens with one attached hydrogen (secondary N) is 1. The van der Waals surface area contributed by atoms with Crippen LogP contribution in [-0.4, -0.2) is 17.1 Å². The Bertz CT molecular complexity index is 452. The van der Waals surface area contributed by atoms with Crippen LogP contribution < -0.4 is 10.5 Å². The second-order valence-electron chi connectivity index (χ2n) is 2.60. The molecule has 4 nitrogen and oxygen atoms in total. The third kappa shape index (κ3) is 1.09. The molecule has 5 heteroatoms. The van der Waals surface area contributed by atoms with E-state index in [0.29, 0.717) is 11.3 Å². The van der Waals surface area contributed by atoms with Gasteiger partial charge in [0.05, 0.1) is 7.11 Å². The molecule has 13 heavy (non-hydrogen) atoms. The van der Waals surface area contributed by atoms with E-state index < -0.39 is 5.82 Å². The molecule has 0 fully saturated rings. The third-order valence-corrected chi connectivity index (χ3v) is 1.80. The molecule has 0 spiro atoms. The number of nitrogens with zero attached hydrogens (tertiary/aromatic N) is 1. The van der Waals surface area contributed by atoms with Gasteiger partial charge in [0.1, 0.15) is 16.8 Å².